The Hall–Kier alpha value is -3.03. The summed E-state index contributed by atoms with van der Waals surface area (Å²) in [5.74, 6) is -0.805. The first-order valence-corrected chi connectivity index (χ1v) is 10.3. The molecule has 2 rings (SSSR count). The molecule has 0 saturated carbocycles. The van der Waals surface area contributed by atoms with E-state index in [1.165, 1.54) is 26.2 Å². The van der Waals surface area contributed by atoms with Gasteiger partial charge in [0.2, 0.25) is 5.91 Å². The fraction of sp³-hybridized carbons (Fsp3) is 0.417. The Kier molecular flexibility index (Phi) is 8.30. The Morgan fingerprint density at radius 2 is 1.69 bits per heavy atom. The summed E-state index contributed by atoms with van der Waals surface area (Å²) in [5.41, 5.74) is 1.51. The Bertz CT molecular complexity index is 955. The van der Waals surface area contributed by atoms with Gasteiger partial charge in [-0.2, -0.15) is 13.2 Å². The Balaban J connectivity index is 2.75. The molecule has 0 aliphatic carbocycles. The average Bonchev–Trinajstić information content (AvgIpc) is 2.75. The van der Waals surface area contributed by atoms with E-state index < -0.39 is 23.6 Å². The molecule has 32 heavy (non-hydrogen) atoms. The molecule has 5 nitrogen and oxygen atoms in total. The number of benzene rings is 2. The van der Waals surface area contributed by atoms with E-state index in [9.17, 15) is 22.8 Å². The molecule has 0 aliphatic rings. The van der Waals surface area contributed by atoms with Crippen molar-refractivity contribution in [1.82, 2.24) is 4.90 Å². The van der Waals surface area contributed by atoms with Crippen LogP contribution in [0.1, 0.15) is 50.3 Å². The number of amides is 1. The highest BCUT2D eigenvalue weighted by Gasteiger charge is 2.31. The third kappa shape index (κ3) is 5.60. The molecule has 0 aliphatic heterocycles. The third-order valence-corrected chi connectivity index (χ3v) is 5.31. The van der Waals surface area contributed by atoms with E-state index >= 15 is 0 Å². The molecule has 1 unspecified atom stereocenters. The van der Waals surface area contributed by atoms with Gasteiger partial charge in [-0.1, -0.05) is 18.2 Å². The maximum atomic E-state index is 13.1. The van der Waals surface area contributed by atoms with Crippen molar-refractivity contribution in [1.29, 1.82) is 0 Å². The van der Waals surface area contributed by atoms with Crippen molar-refractivity contribution < 1.29 is 32.2 Å². The molecule has 1 amide bonds. The first-order valence-electron chi connectivity index (χ1n) is 10.3. The largest absolute Gasteiger partial charge is 0.496 e. The van der Waals surface area contributed by atoms with Gasteiger partial charge in [-0.05, 0) is 55.7 Å². The minimum atomic E-state index is -4.46. The second kappa shape index (κ2) is 10.5. The number of alkyl halides is 3. The summed E-state index contributed by atoms with van der Waals surface area (Å²) >= 11 is 0. The molecule has 0 radical (unpaired) electrons. The molecular weight excluding hydrogens is 423 g/mol. The quantitative estimate of drug-likeness (QED) is 0.503. The van der Waals surface area contributed by atoms with Crippen LogP contribution in [0.4, 0.5) is 13.2 Å². The zero-order chi connectivity index (χ0) is 24.1. The lowest BCUT2D eigenvalue weighted by molar-refractivity contribution is -0.144. The molecule has 0 aromatic heterocycles. The molecule has 0 N–H and O–H groups in total. The van der Waals surface area contributed by atoms with Gasteiger partial charge in [-0.25, -0.2) is 0 Å². The summed E-state index contributed by atoms with van der Waals surface area (Å²) in [4.78, 5) is 26.2. The van der Waals surface area contributed by atoms with Crippen LogP contribution in [0.25, 0.3) is 11.1 Å². The normalized spacial score (nSPS) is 12.2. The maximum Gasteiger partial charge on any atom is 0.416 e. The summed E-state index contributed by atoms with van der Waals surface area (Å²) in [7, 11) is 1.46. The zero-order valence-electron chi connectivity index (χ0n) is 18.9. The van der Waals surface area contributed by atoms with Gasteiger partial charge in [0.1, 0.15) is 5.75 Å². The van der Waals surface area contributed by atoms with Crippen LogP contribution >= 0.6 is 0 Å². The number of halogens is 3. The van der Waals surface area contributed by atoms with E-state index in [4.69, 9.17) is 9.47 Å². The highest BCUT2D eigenvalue weighted by atomic mass is 19.4. The summed E-state index contributed by atoms with van der Waals surface area (Å²) in [6.45, 7) is 7.48. The van der Waals surface area contributed by atoms with E-state index in [1.54, 1.807) is 30.9 Å². The van der Waals surface area contributed by atoms with Crippen LogP contribution in [0.3, 0.4) is 0 Å². The van der Waals surface area contributed by atoms with Gasteiger partial charge in [0.15, 0.2) is 0 Å². The van der Waals surface area contributed by atoms with Gasteiger partial charge in [0.05, 0.1) is 25.2 Å². The second-order valence-electron chi connectivity index (χ2n) is 7.29. The molecule has 2 aromatic carbocycles. The molecule has 174 valence electrons. The Morgan fingerprint density at radius 1 is 1.06 bits per heavy atom. The molecule has 1 atom stereocenters. The first kappa shape index (κ1) is 25.2. The van der Waals surface area contributed by atoms with Gasteiger partial charge in [0.25, 0.3) is 0 Å². The summed E-state index contributed by atoms with van der Waals surface area (Å²) in [6.07, 6.45) is -4.46. The van der Waals surface area contributed by atoms with Gasteiger partial charge >= 0.3 is 12.1 Å². The lowest BCUT2D eigenvalue weighted by atomic mass is 9.88. The minimum Gasteiger partial charge on any atom is -0.496 e. The molecule has 2 aromatic rings. The van der Waals surface area contributed by atoms with Crippen molar-refractivity contribution in [2.75, 3.05) is 20.3 Å². The topological polar surface area (TPSA) is 55.8 Å². The Labute approximate surface area is 186 Å². The van der Waals surface area contributed by atoms with E-state index in [1.807, 2.05) is 6.92 Å². The molecule has 0 bridgehead atoms. The number of ether oxygens (including phenoxy) is 2. The van der Waals surface area contributed by atoms with Gasteiger partial charge in [-0.15, -0.1) is 0 Å². The van der Waals surface area contributed by atoms with Crippen LogP contribution in [0.15, 0.2) is 36.4 Å². The molecule has 8 heteroatoms. The smallest absolute Gasteiger partial charge is 0.416 e. The predicted octanol–water partition coefficient (Wildman–Crippen LogP) is 5.42. The van der Waals surface area contributed by atoms with Crippen molar-refractivity contribution >= 4 is 11.9 Å². The molecular formula is C24H28F3NO4. The number of nitrogens with zero attached hydrogens (tertiary/aromatic N) is 1. The number of carbonyl (C=O) groups is 2. The number of methoxy groups -OCH3 is 1. The molecule has 0 saturated heterocycles. The van der Waals surface area contributed by atoms with E-state index in [-0.39, 0.29) is 19.1 Å². The monoisotopic (exact) mass is 451 g/mol. The Morgan fingerprint density at radius 3 is 2.16 bits per heavy atom. The van der Waals surface area contributed by atoms with Crippen LogP contribution in [-0.4, -0.2) is 37.0 Å². The SMILES string of the molecule is CCOC(=O)C(C)c1ccc(OC)c(-c2ccc(C(F)(F)F)cc2)c1CN(CC)C(C)=O. The second-order valence-corrected chi connectivity index (χ2v) is 7.29. The van der Waals surface area contributed by atoms with Crippen LogP contribution in [-0.2, 0) is 27.0 Å². The van der Waals surface area contributed by atoms with Crippen molar-refractivity contribution in [3.8, 4) is 16.9 Å². The van der Waals surface area contributed by atoms with Gasteiger partial charge in [0, 0.05) is 25.6 Å². The molecule has 0 spiro atoms. The lowest BCUT2D eigenvalue weighted by Gasteiger charge is -2.26. The first-order chi connectivity index (χ1) is 15.0. The third-order valence-electron chi connectivity index (χ3n) is 5.31. The lowest BCUT2D eigenvalue weighted by Crippen LogP contribution is -2.29. The van der Waals surface area contributed by atoms with Crippen molar-refractivity contribution in [3.05, 3.63) is 53.1 Å². The number of hydrogen-bond acceptors (Lipinski definition) is 4. The van der Waals surface area contributed by atoms with Gasteiger partial charge < -0.3 is 14.4 Å². The predicted molar refractivity (Wildman–Crippen MR) is 115 cm³/mol. The van der Waals surface area contributed by atoms with Crippen molar-refractivity contribution in [2.24, 2.45) is 0 Å². The highest BCUT2D eigenvalue weighted by molar-refractivity contribution is 5.83. The van der Waals surface area contributed by atoms with E-state index in [0.29, 0.717) is 34.5 Å². The summed E-state index contributed by atoms with van der Waals surface area (Å²) < 4.78 is 49.9. The van der Waals surface area contributed by atoms with Crippen LogP contribution in [0.2, 0.25) is 0 Å². The van der Waals surface area contributed by atoms with Gasteiger partial charge in [-0.3, -0.25) is 9.59 Å². The van der Waals surface area contributed by atoms with E-state index in [0.717, 1.165) is 12.1 Å². The van der Waals surface area contributed by atoms with Crippen molar-refractivity contribution in [2.45, 2.75) is 46.3 Å². The van der Waals surface area contributed by atoms with Crippen LogP contribution < -0.4 is 4.74 Å². The molecule has 0 heterocycles. The fourth-order valence-electron chi connectivity index (χ4n) is 3.56. The fourth-order valence-corrected chi connectivity index (χ4v) is 3.56. The van der Waals surface area contributed by atoms with Crippen LogP contribution in [0.5, 0.6) is 5.75 Å². The number of rotatable bonds is 8. The zero-order valence-corrected chi connectivity index (χ0v) is 18.9. The summed E-state index contributed by atoms with van der Waals surface area (Å²) in [6, 6.07) is 8.15. The maximum absolute atomic E-state index is 13.1. The minimum absolute atomic E-state index is 0.163. The van der Waals surface area contributed by atoms with Crippen molar-refractivity contribution in [3.63, 3.8) is 0 Å². The number of esters is 1. The standard InChI is InChI=1S/C24H28F3NO4/c1-6-28(16(4)29)14-20-19(15(3)23(30)32-7-2)12-13-21(31-5)22(20)17-8-10-18(11-9-17)24(25,26)27/h8-13,15H,6-7,14H2,1-5H3. The number of carbonyl (C=O) groups excluding carboxylic acids is 2. The van der Waals surface area contributed by atoms with Crippen LogP contribution in [0, 0.1) is 0 Å². The summed E-state index contributed by atoms with van der Waals surface area (Å²) in [5, 5.41) is 0. The highest BCUT2D eigenvalue weighted by Crippen LogP contribution is 2.40. The molecule has 0 fully saturated rings. The number of hydrogen-bond donors (Lipinski definition) is 0. The average molecular weight is 451 g/mol. The van der Waals surface area contributed by atoms with E-state index in [2.05, 4.69) is 0 Å².